The molecule has 2 aromatic heterocycles. The van der Waals surface area contributed by atoms with Crippen LogP contribution < -0.4 is 9.25 Å². The number of fused-ring (bicyclic) bond motifs is 3. The lowest BCUT2D eigenvalue weighted by molar-refractivity contribution is -0.586. The molecular weight excluding hydrogens is 202 g/mol. The van der Waals surface area contributed by atoms with E-state index >= 15 is 0 Å². The molecule has 0 unspecified atom stereocenters. The SMILES string of the molecule is COc1ccc2c(c1)nn[n+]1ccccc21. The summed E-state index contributed by atoms with van der Waals surface area (Å²) >= 11 is 0. The molecule has 0 amide bonds. The fourth-order valence-electron chi connectivity index (χ4n) is 1.76. The molecular formula is C12H10N3O+. The van der Waals surface area contributed by atoms with Crippen LogP contribution in [0.4, 0.5) is 0 Å². The third-order valence-electron chi connectivity index (χ3n) is 2.57. The first-order valence-corrected chi connectivity index (χ1v) is 4.99. The third kappa shape index (κ3) is 1.27. The highest BCUT2D eigenvalue weighted by Crippen LogP contribution is 2.19. The minimum atomic E-state index is 0.794. The van der Waals surface area contributed by atoms with E-state index in [1.165, 1.54) is 0 Å². The Kier molecular flexibility index (Phi) is 1.93. The van der Waals surface area contributed by atoms with E-state index in [0.29, 0.717) is 0 Å². The molecule has 2 heterocycles. The van der Waals surface area contributed by atoms with Gasteiger partial charge in [0.25, 0.3) is 0 Å². The van der Waals surface area contributed by atoms with Crippen LogP contribution in [0.25, 0.3) is 16.4 Å². The predicted octanol–water partition coefficient (Wildman–Crippen LogP) is 1.38. The Bertz CT molecular complexity index is 667. The van der Waals surface area contributed by atoms with Crippen molar-refractivity contribution in [3.8, 4) is 5.75 Å². The molecule has 3 aromatic rings. The number of aromatic nitrogens is 3. The zero-order valence-electron chi connectivity index (χ0n) is 8.79. The Labute approximate surface area is 92.1 Å². The highest BCUT2D eigenvalue weighted by Gasteiger charge is 2.10. The summed E-state index contributed by atoms with van der Waals surface area (Å²) < 4.78 is 6.92. The largest absolute Gasteiger partial charge is 0.497 e. The van der Waals surface area contributed by atoms with Crippen molar-refractivity contribution >= 4 is 16.4 Å². The maximum atomic E-state index is 5.16. The van der Waals surface area contributed by atoms with Gasteiger partial charge in [0.2, 0.25) is 5.52 Å². The minimum Gasteiger partial charge on any atom is -0.497 e. The second-order valence-corrected chi connectivity index (χ2v) is 3.50. The highest BCUT2D eigenvalue weighted by atomic mass is 16.5. The summed E-state index contributed by atoms with van der Waals surface area (Å²) in [5.74, 6) is 0.794. The Morgan fingerprint density at radius 1 is 1.19 bits per heavy atom. The van der Waals surface area contributed by atoms with Gasteiger partial charge in [0.1, 0.15) is 17.2 Å². The second-order valence-electron chi connectivity index (χ2n) is 3.50. The summed E-state index contributed by atoms with van der Waals surface area (Å²) in [5.41, 5.74) is 1.88. The van der Waals surface area contributed by atoms with Gasteiger partial charge in [-0.25, -0.2) is 0 Å². The van der Waals surface area contributed by atoms with Crippen LogP contribution in [0.3, 0.4) is 0 Å². The number of ether oxygens (including phenoxy) is 1. The number of benzene rings is 1. The zero-order valence-corrected chi connectivity index (χ0v) is 8.79. The van der Waals surface area contributed by atoms with Crippen molar-refractivity contribution in [3.63, 3.8) is 0 Å². The number of hydrogen-bond donors (Lipinski definition) is 0. The molecule has 0 saturated carbocycles. The third-order valence-corrected chi connectivity index (χ3v) is 2.57. The lowest BCUT2D eigenvalue weighted by Gasteiger charge is -1.99. The van der Waals surface area contributed by atoms with Crippen LogP contribution in [0.1, 0.15) is 0 Å². The van der Waals surface area contributed by atoms with Gasteiger partial charge in [-0.3, -0.25) is 0 Å². The Balaban J connectivity index is 2.43. The first-order valence-electron chi connectivity index (χ1n) is 4.99. The molecule has 0 atom stereocenters. The average molecular weight is 212 g/mol. The maximum Gasteiger partial charge on any atom is 0.218 e. The van der Waals surface area contributed by atoms with Gasteiger partial charge in [0.05, 0.1) is 17.6 Å². The van der Waals surface area contributed by atoms with E-state index in [0.717, 1.165) is 22.2 Å². The quantitative estimate of drug-likeness (QED) is 0.452. The van der Waals surface area contributed by atoms with E-state index in [4.69, 9.17) is 4.74 Å². The van der Waals surface area contributed by atoms with Crippen LogP contribution in [-0.2, 0) is 0 Å². The summed E-state index contributed by atoms with van der Waals surface area (Å²) in [5, 5.41) is 9.31. The van der Waals surface area contributed by atoms with Gasteiger partial charge in [-0.1, -0.05) is 6.07 Å². The molecule has 4 nitrogen and oxygen atoms in total. The molecule has 0 bridgehead atoms. The topological polar surface area (TPSA) is 39.1 Å². The smallest absolute Gasteiger partial charge is 0.218 e. The van der Waals surface area contributed by atoms with Crippen molar-refractivity contribution < 1.29 is 9.25 Å². The Morgan fingerprint density at radius 2 is 2.12 bits per heavy atom. The van der Waals surface area contributed by atoms with Crippen molar-refractivity contribution in [1.82, 2.24) is 10.3 Å². The van der Waals surface area contributed by atoms with Crippen LogP contribution in [0.2, 0.25) is 0 Å². The molecule has 0 aliphatic rings. The predicted molar refractivity (Wildman–Crippen MR) is 59.3 cm³/mol. The fraction of sp³-hybridized carbons (Fsp3) is 0.0833. The lowest BCUT2D eigenvalue weighted by atomic mass is 10.2. The van der Waals surface area contributed by atoms with Crippen LogP contribution in [-0.4, -0.2) is 17.4 Å². The van der Waals surface area contributed by atoms with E-state index in [2.05, 4.69) is 10.3 Å². The molecule has 78 valence electrons. The first-order chi connectivity index (χ1) is 7.88. The van der Waals surface area contributed by atoms with Crippen molar-refractivity contribution in [2.24, 2.45) is 0 Å². The number of nitrogens with zero attached hydrogens (tertiary/aromatic N) is 3. The molecule has 3 rings (SSSR count). The Morgan fingerprint density at radius 3 is 3.00 bits per heavy atom. The standard InChI is InChI=1S/C12H10N3O/c1-16-9-5-6-10-11(8-9)13-14-15-7-3-2-4-12(10)15/h2-8H,1H3/q+1. The van der Waals surface area contributed by atoms with Crippen LogP contribution >= 0.6 is 0 Å². The molecule has 16 heavy (non-hydrogen) atoms. The van der Waals surface area contributed by atoms with Crippen LogP contribution in [0.5, 0.6) is 5.75 Å². The molecule has 0 saturated heterocycles. The fourth-order valence-corrected chi connectivity index (χ4v) is 1.76. The van der Waals surface area contributed by atoms with E-state index in [1.54, 1.807) is 11.6 Å². The molecule has 0 fully saturated rings. The normalized spacial score (nSPS) is 10.8. The first kappa shape index (κ1) is 9.03. The summed E-state index contributed by atoms with van der Waals surface area (Å²) in [6.45, 7) is 0. The summed E-state index contributed by atoms with van der Waals surface area (Å²) in [6, 6.07) is 11.7. The van der Waals surface area contributed by atoms with Crippen LogP contribution in [0, 0.1) is 0 Å². The second kappa shape index (κ2) is 3.41. The molecule has 0 radical (unpaired) electrons. The van der Waals surface area contributed by atoms with Crippen molar-refractivity contribution in [3.05, 3.63) is 42.6 Å². The number of methoxy groups -OCH3 is 1. The van der Waals surface area contributed by atoms with E-state index in [1.807, 2.05) is 42.6 Å². The highest BCUT2D eigenvalue weighted by molar-refractivity contribution is 5.91. The van der Waals surface area contributed by atoms with Crippen LogP contribution in [0.15, 0.2) is 42.6 Å². The average Bonchev–Trinajstić information content (AvgIpc) is 2.38. The summed E-state index contributed by atoms with van der Waals surface area (Å²) in [7, 11) is 1.64. The van der Waals surface area contributed by atoms with Crippen molar-refractivity contribution in [2.75, 3.05) is 7.11 Å². The number of rotatable bonds is 1. The summed E-state index contributed by atoms with van der Waals surface area (Å²) in [4.78, 5) is 0. The molecule has 4 heteroatoms. The van der Waals surface area contributed by atoms with Crippen molar-refractivity contribution in [1.29, 1.82) is 0 Å². The number of pyridine rings is 1. The van der Waals surface area contributed by atoms with Gasteiger partial charge in [-0.2, -0.15) is 0 Å². The number of hydrogen-bond acceptors (Lipinski definition) is 3. The van der Waals surface area contributed by atoms with Gasteiger partial charge < -0.3 is 4.74 Å². The van der Waals surface area contributed by atoms with E-state index in [-0.39, 0.29) is 0 Å². The molecule has 0 aliphatic carbocycles. The minimum absolute atomic E-state index is 0.794. The van der Waals surface area contributed by atoms with Gasteiger partial charge in [0, 0.05) is 6.07 Å². The van der Waals surface area contributed by atoms with Gasteiger partial charge in [0.15, 0.2) is 5.52 Å². The molecule has 0 aliphatic heterocycles. The zero-order chi connectivity index (χ0) is 11.0. The maximum absolute atomic E-state index is 5.16. The monoisotopic (exact) mass is 212 g/mol. The van der Waals surface area contributed by atoms with E-state index in [9.17, 15) is 0 Å². The van der Waals surface area contributed by atoms with Gasteiger partial charge >= 0.3 is 0 Å². The van der Waals surface area contributed by atoms with E-state index < -0.39 is 0 Å². The van der Waals surface area contributed by atoms with Crippen molar-refractivity contribution in [2.45, 2.75) is 0 Å². The van der Waals surface area contributed by atoms with Gasteiger partial charge in [-0.05, 0) is 24.3 Å². The Hall–Kier alpha value is -2.23. The molecule has 0 spiro atoms. The lowest BCUT2D eigenvalue weighted by Crippen LogP contribution is -2.27. The summed E-state index contributed by atoms with van der Waals surface area (Å²) in [6.07, 6.45) is 1.88. The molecule has 0 N–H and O–H groups in total. The molecule has 1 aromatic carbocycles. The van der Waals surface area contributed by atoms with Gasteiger partial charge in [-0.15, -0.1) is 4.52 Å².